The lowest BCUT2D eigenvalue weighted by molar-refractivity contribution is 0.128. The summed E-state index contributed by atoms with van der Waals surface area (Å²) in [5.41, 5.74) is 2.54. The number of rotatable bonds is 12. The highest BCUT2D eigenvalue weighted by molar-refractivity contribution is 5.46. The van der Waals surface area contributed by atoms with Crippen LogP contribution in [0.4, 0.5) is 11.6 Å². The Kier molecular flexibility index (Phi) is 9.43. The van der Waals surface area contributed by atoms with Crippen molar-refractivity contribution in [2.45, 2.75) is 39.7 Å². The third kappa shape index (κ3) is 7.79. The SMILES string of the molecule is CCCCOCCCNc1cc(NN)nc(COCC)n1. The summed E-state index contributed by atoms with van der Waals surface area (Å²) in [4.78, 5) is 8.61. The van der Waals surface area contributed by atoms with Crippen LogP contribution < -0.4 is 16.6 Å². The number of hydrazine groups is 1. The van der Waals surface area contributed by atoms with Crippen molar-refractivity contribution in [3.8, 4) is 0 Å². The minimum absolute atomic E-state index is 0.376. The zero-order valence-corrected chi connectivity index (χ0v) is 13.0. The molecule has 1 aromatic rings. The standard InChI is InChI=1S/C14H27N5O2/c1-3-5-8-21-9-6-7-16-12-10-13(19-15)18-14(17-12)11-20-4-2/h10H,3-9,11,15H2,1-2H3,(H2,16,17,18,19). The van der Waals surface area contributed by atoms with E-state index in [1.165, 1.54) is 0 Å². The van der Waals surface area contributed by atoms with E-state index in [0.717, 1.165) is 44.8 Å². The van der Waals surface area contributed by atoms with Crippen LogP contribution in [0.5, 0.6) is 0 Å². The van der Waals surface area contributed by atoms with Gasteiger partial charge < -0.3 is 20.2 Å². The molecule has 1 heterocycles. The Morgan fingerprint density at radius 2 is 1.86 bits per heavy atom. The van der Waals surface area contributed by atoms with Crippen LogP contribution >= 0.6 is 0 Å². The summed E-state index contributed by atoms with van der Waals surface area (Å²) in [5.74, 6) is 7.32. The Labute approximate surface area is 126 Å². The Hall–Kier alpha value is -1.44. The van der Waals surface area contributed by atoms with Gasteiger partial charge in [-0.2, -0.15) is 0 Å². The number of ether oxygens (including phenoxy) is 2. The zero-order valence-electron chi connectivity index (χ0n) is 13.0. The molecule has 0 bridgehead atoms. The summed E-state index contributed by atoms with van der Waals surface area (Å²) >= 11 is 0. The quantitative estimate of drug-likeness (QED) is 0.308. The van der Waals surface area contributed by atoms with Gasteiger partial charge in [0.1, 0.15) is 18.2 Å². The van der Waals surface area contributed by atoms with E-state index >= 15 is 0 Å². The van der Waals surface area contributed by atoms with Crippen LogP contribution in [-0.4, -0.2) is 36.3 Å². The Morgan fingerprint density at radius 1 is 1.10 bits per heavy atom. The lowest BCUT2D eigenvalue weighted by Gasteiger charge is -2.10. The molecule has 0 amide bonds. The molecule has 0 aliphatic heterocycles. The van der Waals surface area contributed by atoms with Gasteiger partial charge in [0.05, 0.1) is 0 Å². The van der Waals surface area contributed by atoms with Gasteiger partial charge in [-0.3, -0.25) is 0 Å². The van der Waals surface area contributed by atoms with E-state index in [0.29, 0.717) is 24.9 Å². The van der Waals surface area contributed by atoms with E-state index in [1.807, 2.05) is 6.92 Å². The fraction of sp³-hybridized carbons (Fsp3) is 0.714. The van der Waals surface area contributed by atoms with Crippen molar-refractivity contribution in [3.63, 3.8) is 0 Å². The summed E-state index contributed by atoms with van der Waals surface area (Å²) in [5, 5.41) is 3.24. The molecule has 0 aromatic carbocycles. The van der Waals surface area contributed by atoms with Gasteiger partial charge in [0.2, 0.25) is 0 Å². The highest BCUT2D eigenvalue weighted by Gasteiger charge is 2.04. The topological polar surface area (TPSA) is 94.3 Å². The summed E-state index contributed by atoms with van der Waals surface area (Å²) in [6, 6.07) is 1.77. The maximum atomic E-state index is 5.51. The van der Waals surface area contributed by atoms with Gasteiger partial charge in [0, 0.05) is 32.4 Å². The maximum absolute atomic E-state index is 5.51. The van der Waals surface area contributed by atoms with Gasteiger partial charge >= 0.3 is 0 Å². The molecular formula is C14H27N5O2. The van der Waals surface area contributed by atoms with Gasteiger partial charge in [-0.05, 0) is 19.8 Å². The number of nitrogens with two attached hydrogens (primary N) is 1. The predicted molar refractivity (Wildman–Crippen MR) is 84.0 cm³/mol. The summed E-state index contributed by atoms with van der Waals surface area (Å²) in [6.45, 7) is 7.48. The first-order valence-corrected chi connectivity index (χ1v) is 7.54. The van der Waals surface area contributed by atoms with Gasteiger partial charge in [0.15, 0.2) is 5.82 Å². The van der Waals surface area contributed by atoms with Crippen LogP contribution in [0.3, 0.4) is 0 Å². The van der Waals surface area contributed by atoms with E-state index in [1.54, 1.807) is 6.07 Å². The van der Waals surface area contributed by atoms with Crippen molar-refractivity contribution in [2.75, 3.05) is 37.1 Å². The minimum Gasteiger partial charge on any atom is -0.381 e. The number of hydrogen-bond acceptors (Lipinski definition) is 7. The number of nitrogens with one attached hydrogen (secondary N) is 2. The number of anilines is 2. The van der Waals surface area contributed by atoms with E-state index in [-0.39, 0.29) is 0 Å². The number of nitrogen functional groups attached to an aromatic ring is 1. The molecule has 21 heavy (non-hydrogen) atoms. The molecule has 0 saturated heterocycles. The molecule has 7 nitrogen and oxygen atoms in total. The molecule has 1 rings (SSSR count). The van der Waals surface area contributed by atoms with Crippen LogP contribution in [0.1, 0.15) is 38.9 Å². The molecule has 0 saturated carbocycles. The van der Waals surface area contributed by atoms with Gasteiger partial charge in [-0.15, -0.1) is 0 Å². The highest BCUT2D eigenvalue weighted by Crippen LogP contribution is 2.11. The second kappa shape index (κ2) is 11.2. The molecule has 0 atom stereocenters. The smallest absolute Gasteiger partial charge is 0.158 e. The van der Waals surface area contributed by atoms with E-state index < -0.39 is 0 Å². The van der Waals surface area contributed by atoms with Crippen LogP contribution in [-0.2, 0) is 16.1 Å². The van der Waals surface area contributed by atoms with Crippen molar-refractivity contribution in [2.24, 2.45) is 5.84 Å². The zero-order chi connectivity index (χ0) is 15.3. The first kappa shape index (κ1) is 17.6. The van der Waals surface area contributed by atoms with Crippen molar-refractivity contribution in [1.82, 2.24) is 9.97 Å². The largest absolute Gasteiger partial charge is 0.381 e. The fourth-order valence-electron chi connectivity index (χ4n) is 1.66. The third-order valence-electron chi connectivity index (χ3n) is 2.77. The molecule has 7 heteroatoms. The van der Waals surface area contributed by atoms with Gasteiger partial charge in [0.25, 0.3) is 0 Å². The second-order valence-electron chi connectivity index (χ2n) is 4.58. The van der Waals surface area contributed by atoms with Crippen molar-refractivity contribution < 1.29 is 9.47 Å². The fourth-order valence-corrected chi connectivity index (χ4v) is 1.66. The third-order valence-corrected chi connectivity index (χ3v) is 2.77. The van der Waals surface area contributed by atoms with E-state index in [2.05, 4.69) is 27.6 Å². The highest BCUT2D eigenvalue weighted by atomic mass is 16.5. The number of unbranched alkanes of at least 4 members (excludes halogenated alkanes) is 1. The minimum atomic E-state index is 0.376. The first-order valence-electron chi connectivity index (χ1n) is 7.54. The van der Waals surface area contributed by atoms with Gasteiger partial charge in [-0.25, -0.2) is 15.8 Å². The summed E-state index contributed by atoms with van der Waals surface area (Å²) < 4.78 is 10.8. The molecule has 0 aliphatic carbocycles. The van der Waals surface area contributed by atoms with Crippen molar-refractivity contribution in [1.29, 1.82) is 0 Å². The molecular weight excluding hydrogens is 270 g/mol. The molecule has 0 fully saturated rings. The molecule has 0 spiro atoms. The molecule has 0 radical (unpaired) electrons. The maximum Gasteiger partial charge on any atom is 0.158 e. The Bertz CT molecular complexity index is 390. The molecule has 1 aromatic heterocycles. The summed E-state index contributed by atoms with van der Waals surface area (Å²) in [7, 11) is 0. The number of aromatic nitrogens is 2. The molecule has 4 N–H and O–H groups in total. The lowest BCUT2D eigenvalue weighted by atomic mass is 10.3. The van der Waals surface area contributed by atoms with Gasteiger partial charge in [-0.1, -0.05) is 13.3 Å². The monoisotopic (exact) mass is 297 g/mol. The van der Waals surface area contributed by atoms with Crippen molar-refractivity contribution in [3.05, 3.63) is 11.9 Å². The molecule has 0 unspecified atom stereocenters. The number of hydrogen-bond donors (Lipinski definition) is 3. The molecule has 120 valence electrons. The first-order chi connectivity index (χ1) is 10.3. The lowest BCUT2D eigenvalue weighted by Crippen LogP contribution is -2.14. The predicted octanol–water partition coefficient (Wildman–Crippen LogP) is 1.92. The average molecular weight is 297 g/mol. The average Bonchev–Trinajstić information content (AvgIpc) is 2.51. The second-order valence-corrected chi connectivity index (χ2v) is 4.58. The number of nitrogens with zero attached hydrogens (tertiary/aromatic N) is 2. The Balaban J connectivity index is 2.35. The van der Waals surface area contributed by atoms with Crippen LogP contribution in [0, 0.1) is 0 Å². The Morgan fingerprint density at radius 3 is 2.57 bits per heavy atom. The van der Waals surface area contributed by atoms with E-state index in [9.17, 15) is 0 Å². The normalized spacial score (nSPS) is 10.6. The van der Waals surface area contributed by atoms with E-state index in [4.69, 9.17) is 15.3 Å². The van der Waals surface area contributed by atoms with Crippen LogP contribution in [0.2, 0.25) is 0 Å². The van der Waals surface area contributed by atoms with Crippen molar-refractivity contribution >= 4 is 11.6 Å². The summed E-state index contributed by atoms with van der Waals surface area (Å²) in [6.07, 6.45) is 3.21. The van der Waals surface area contributed by atoms with Crippen LogP contribution in [0.15, 0.2) is 6.07 Å². The van der Waals surface area contributed by atoms with Crippen LogP contribution in [0.25, 0.3) is 0 Å². The molecule has 0 aliphatic rings.